The van der Waals surface area contributed by atoms with Gasteiger partial charge in [-0.3, -0.25) is 4.79 Å². The smallest absolute Gasteiger partial charge is 0.240 e. The Kier molecular flexibility index (Phi) is 5.13. The molecule has 1 aromatic carbocycles. The van der Waals surface area contributed by atoms with Crippen molar-refractivity contribution in [1.29, 1.82) is 0 Å². The fraction of sp³-hybridized carbons (Fsp3) is 0.500. The fourth-order valence-corrected chi connectivity index (χ4v) is 3.43. The van der Waals surface area contributed by atoms with Crippen LogP contribution in [0.5, 0.6) is 0 Å². The number of thioether (sulfide) groups is 1. The minimum atomic E-state index is 0.00739. The van der Waals surface area contributed by atoms with E-state index in [9.17, 15) is 4.79 Å². The van der Waals surface area contributed by atoms with E-state index in [1.165, 1.54) is 0 Å². The molecule has 0 saturated carbocycles. The molecule has 1 aromatic rings. The summed E-state index contributed by atoms with van der Waals surface area (Å²) in [6, 6.07) is 7.40. The number of hydrogen-bond donors (Lipinski definition) is 1. The Morgan fingerprint density at radius 2 is 2.37 bits per heavy atom. The summed E-state index contributed by atoms with van der Waals surface area (Å²) in [5, 5.41) is 9.67. The van der Waals surface area contributed by atoms with E-state index < -0.39 is 0 Å². The average molecular weight is 300 g/mol. The number of aliphatic hydroxyl groups excluding tert-OH is 1. The zero-order valence-electron chi connectivity index (χ0n) is 10.9. The van der Waals surface area contributed by atoms with Gasteiger partial charge in [0, 0.05) is 23.9 Å². The molecule has 1 N–H and O–H groups in total. The molecule has 0 radical (unpaired) electrons. The molecule has 1 aliphatic heterocycles. The Labute approximate surface area is 122 Å². The van der Waals surface area contributed by atoms with Crippen LogP contribution in [-0.2, 0) is 4.79 Å². The van der Waals surface area contributed by atoms with Crippen molar-refractivity contribution in [3.8, 4) is 0 Å². The third kappa shape index (κ3) is 3.65. The molecule has 0 aromatic heterocycles. The topological polar surface area (TPSA) is 40.5 Å². The van der Waals surface area contributed by atoms with Crippen LogP contribution in [0.3, 0.4) is 0 Å². The van der Waals surface area contributed by atoms with E-state index in [2.05, 4.69) is 0 Å². The normalized spacial score (nSPS) is 20.9. The molecule has 2 atom stereocenters. The summed E-state index contributed by atoms with van der Waals surface area (Å²) in [7, 11) is 0. The minimum Gasteiger partial charge on any atom is -0.396 e. The number of carbonyl (C=O) groups is 1. The lowest BCUT2D eigenvalue weighted by Gasteiger charge is -2.17. The van der Waals surface area contributed by atoms with E-state index in [4.69, 9.17) is 16.7 Å². The summed E-state index contributed by atoms with van der Waals surface area (Å²) in [5.74, 6) is 1.20. The molecular weight excluding hydrogens is 282 g/mol. The second kappa shape index (κ2) is 6.64. The van der Waals surface area contributed by atoms with Crippen LogP contribution < -0.4 is 4.90 Å². The zero-order chi connectivity index (χ0) is 13.8. The van der Waals surface area contributed by atoms with E-state index >= 15 is 0 Å². The number of rotatable bonds is 5. The molecule has 0 bridgehead atoms. The van der Waals surface area contributed by atoms with Crippen molar-refractivity contribution in [2.45, 2.75) is 18.6 Å². The van der Waals surface area contributed by atoms with Gasteiger partial charge in [-0.1, -0.05) is 24.6 Å². The van der Waals surface area contributed by atoms with E-state index in [1.807, 2.05) is 25.1 Å². The lowest BCUT2D eigenvalue weighted by atomic mass is 10.2. The molecule has 3 nitrogen and oxygen atoms in total. The van der Waals surface area contributed by atoms with E-state index in [-0.39, 0.29) is 23.7 Å². The minimum absolute atomic E-state index is 0.00739. The van der Waals surface area contributed by atoms with Crippen molar-refractivity contribution in [2.75, 3.05) is 23.8 Å². The number of anilines is 1. The molecule has 1 heterocycles. The molecule has 1 amide bonds. The predicted molar refractivity (Wildman–Crippen MR) is 80.9 cm³/mol. The number of amides is 1. The lowest BCUT2D eigenvalue weighted by molar-refractivity contribution is -0.116. The lowest BCUT2D eigenvalue weighted by Crippen LogP contribution is -2.28. The van der Waals surface area contributed by atoms with Crippen LogP contribution >= 0.6 is 23.4 Å². The number of benzene rings is 1. The first-order valence-electron chi connectivity index (χ1n) is 6.41. The Balaban J connectivity index is 1.98. The van der Waals surface area contributed by atoms with Crippen LogP contribution in [0.25, 0.3) is 0 Å². The quantitative estimate of drug-likeness (QED) is 0.909. The molecule has 2 rings (SSSR count). The van der Waals surface area contributed by atoms with Gasteiger partial charge in [0.05, 0.1) is 5.25 Å². The third-order valence-electron chi connectivity index (χ3n) is 3.17. The molecule has 5 heteroatoms. The van der Waals surface area contributed by atoms with Gasteiger partial charge in [-0.15, -0.1) is 11.8 Å². The highest BCUT2D eigenvalue weighted by Gasteiger charge is 2.32. The first-order chi connectivity index (χ1) is 9.11. The maximum absolute atomic E-state index is 12.3. The Morgan fingerprint density at radius 3 is 3.05 bits per heavy atom. The maximum Gasteiger partial charge on any atom is 0.240 e. The molecule has 0 unspecified atom stereocenters. The van der Waals surface area contributed by atoms with Crippen LogP contribution in [0.2, 0.25) is 5.02 Å². The molecule has 1 aliphatic rings. The average Bonchev–Trinajstić information content (AvgIpc) is 2.77. The van der Waals surface area contributed by atoms with Crippen molar-refractivity contribution in [2.24, 2.45) is 5.92 Å². The predicted octanol–water partition coefficient (Wildman–Crippen LogP) is 2.81. The van der Waals surface area contributed by atoms with E-state index in [1.54, 1.807) is 22.7 Å². The Morgan fingerprint density at radius 1 is 1.58 bits per heavy atom. The van der Waals surface area contributed by atoms with Crippen LogP contribution in [0, 0.1) is 5.92 Å². The van der Waals surface area contributed by atoms with Crippen LogP contribution in [0.4, 0.5) is 5.69 Å². The van der Waals surface area contributed by atoms with Crippen LogP contribution in [0.15, 0.2) is 24.3 Å². The molecular formula is C14H18ClNO2S. The van der Waals surface area contributed by atoms with Crippen molar-refractivity contribution in [1.82, 2.24) is 0 Å². The van der Waals surface area contributed by atoms with Gasteiger partial charge < -0.3 is 10.0 Å². The number of hydrogen-bond acceptors (Lipinski definition) is 3. The van der Waals surface area contributed by atoms with Crippen LogP contribution in [-0.4, -0.2) is 35.2 Å². The van der Waals surface area contributed by atoms with Crippen molar-refractivity contribution in [3.63, 3.8) is 0 Å². The van der Waals surface area contributed by atoms with Gasteiger partial charge in [0.25, 0.3) is 0 Å². The highest BCUT2D eigenvalue weighted by atomic mass is 35.5. The van der Waals surface area contributed by atoms with Crippen LogP contribution in [0.1, 0.15) is 13.3 Å². The number of carbonyl (C=O) groups excluding carboxylic acids is 1. The maximum atomic E-state index is 12.3. The number of aliphatic hydroxyl groups is 1. The summed E-state index contributed by atoms with van der Waals surface area (Å²) < 4.78 is 0. The van der Waals surface area contributed by atoms with Gasteiger partial charge in [-0.05, 0) is 36.3 Å². The van der Waals surface area contributed by atoms with Gasteiger partial charge in [0.15, 0.2) is 0 Å². The summed E-state index contributed by atoms with van der Waals surface area (Å²) in [6.07, 6.45) is 0.855. The Bertz CT molecular complexity index is 455. The van der Waals surface area contributed by atoms with Gasteiger partial charge in [-0.25, -0.2) is 0 Å². The van der Waals surface area contributed by atoms with Gasteiger partial charge >= 0.3 is 0 Å². The summed E-state index contributed by atoms with van der Waals surface area (Å²) in [5.41, 5.74) is 0.871. The molecule has 1 saturated heterocycles. The second-order valence-electron chi connectivity index (χ2n) is 4.87. The van der Waals surface area contributed by atoms with Crippen molar-refractivity contribution < 1.29 is 9.90 Å². The van der Waals surface area contributed by atoms with E-state index in [0.29, 0.717) is 5.02 Å². The molecule has 19 heavy (non-hydrogen) atoms. The monoisotopic (exact) mass is 299 g/mol. The largest absolute Gasteiger partial charge is 0.396 e. The van der Waals surface area contributed by atoms with Gasteiger partial charge in [-0.2, -0.15) is 0 Å². The summed E-state index contributed by atoms with van der Waals surface area (Å²) in [4.78, 5) is 14.1. The first kappa shape index (κ1) is 14.7. The molecule has 1 fully saturated rings. The molecule has 0 aliphatic carbocycles. The highest BCUT2D eigenvalue weighted by Crippen LogP contribution is 2.30. The molecule has 104 valence electrons. The number of halogens is 1. The first-order valence-corrected chi connectivity index (χ1v) is 7.84. The van der Waals surface area contributed by atoms with Crippen molar-refractivity contribution in [3.05, 3.63) is 29.3 Å². The van der Waals surface area contributed by atoms with Crippen molar-refractivity contribution >= 4 is 35.0 Å². The zero-order valence-corrected chi connectivity index (χ0v) is 12.5. The standard InChI is InChI=1S/C14H18ClNO2S/c1-10(8-17)9-19-13-5-6-16(14(13)18)12-4-2-3-11(15)7-12/h2-4,7,10,13,17H,5-6,8-9H2,1H3/t10-,13-/m0/s1. The third-order valence-corrected chi connectivity index (χ3v) is 5.01. The fourth-order valence-electron chi connectivity index (χ4n) is 2.04. The second-order valence-corrected chi connectivity index (χ2v) is 6.54. The summed E-state index contributed by atoms with van der Waals surface area (Å²) >= 11 is 7.60. The SMILES string of the molecule is C[C@@H](CO)CS[C@H]1CCN(c2cccc(Cl)c2)C1=O. The highest BCUT2D eigenvalue weighted by molar-refractivity contribution is 8.00. The number of nitrogens with zero attached hydrogens (tertiary/aromatic N) is 1. The Hall–Kier alpha value is -0.710. The van der Waals surface area contributed by atoms with E-state index in [0.717, 1.165) is 24.4 Å². The molecule has 0 spiro atoms. The van der Waals surface area contributed by atoms with Gasteiger partial charge in [0.1, 0.15) is 0 Å². The summed E-state index contributed by atoms with van der Waals surface area (Å²) in [6.45, 7) is 2.90. The van der Waals surface area contributed by atoms with Gasteiger partial charge in [0.2, 0.25) is 5.91 Å².